The van der Waals surface area contributed by atoms with Gasteiger partial charge in [-0.15, -0.1) is 0 Å². The van der Waals surface area contributed by atoms with Gasteiger partial charge in [-0.3, -0.25) is 14.2 Å². The minimum Gasteiger partial charge on any atom is -0.756 e. The van der Waals surface area contributed by atoms with Gasteiger partial charge in [0, 0.05) is 12.8 Å². The summed E-state index contributed by atoms with van der Waals surface area (Å²) in [5, 5.41) is 3.03. The smallest absolute Gasteiger partial charge is 0.306 e. The van der Waals surface area contributed by atoms with Gasteiger partial charge in [0.2, 0.25) is 5.91 Å². The summed E-state index contributed by atoms with van der Waals surface area (Å²) in [5.41, 5.74) is 0. The molecule has 0 rings (SSSR count). The summed E-state index contributed by atoms with van der Waals surface area (Å²) >= 11 is 0. The zero-order chi connectivity index (χ0) is 60.0. The number of carbonyl (C=O) groups excluding carboxylic acids is 2. The Morgan fingerprint density at radius 2 is 0.780 bits per heavy atom. The highest BCUT2D eigenvalue weighted by Crippen LogP contribution is 2.38. The number of quaternary nitrogens is 1. The molecule has 0 radical (unpaired) electrons. The highest BCUT2D eigenvalue weighted by Gasteiger charge is 2.27. The maximum absolute atomic E-state index is 13.6. The second-order valence-electron chi connectivity index (χ2n) is 23.9. The number of phosphoric acid groups is 1. The van der Waals surface area contributed by atoms with Crippen molar-refractivity contribution in [2.45, 2.75) is 309 Å². The number of likely N-dealkylation sites (N-methyl/N-ethyl adjacent to an activating group) is 1. The van der Waals surface area contributed by atoms with Crippen LogP contribution in [0.4, 0.5) is 0 Å². The minimum absolute atomic E-state index is 0.0286. The Morgan fingerprint density at radius 3 is 1.18 bits per heavy atom. The molecular formula is C72H129N2O7P. The van der Waals surface area contributed by atoms with Gasteiger partial charge in [-0.2, -0.15) is 0 Å². The fourth-order valence-corrected chi connectivity index (χ4v) is 10.2. The number of ether oxygens (including phenoxy) is 1. The first kappa shape index (κ1) is 78.9. The van der Waals surface area contributed by atoms with Crippen molar-refractivity contribution in [3.05, 3.63) is 97.2 Å². The molecule has 3 unspecified atom stereocenters. The molecule has 0 aromatic carbocycles. The zero-order valence-electron chi connectivity index (χ0n) is 54.2. The molecule has 3 atom stereocenters. The van der Waals surface area contributed by atoms with Gasteiger partial charge in [0.25, 0.3) is 7.82 Å². The van der Waals surface area contributed by atoms with Crippen LogP contribution in [0, 0.1) is 0 Å². The molecule has 82 heavy (non-hydrogen) atoms. The van der Waals surface area contributed by atoms with E-state index < -0.39 is 26.6 Å². The quantitative estimate of drug-likeness (QED) is 0.0212. The summed E-state index contributed by atoms with van der Waals surface area (Å²) in [4.78, 5) is 40.1. The highest BCUT2D eigenvalue weighted by molar-refractivity contribution is 7.45. The van der Waals surface area contributed by atoms with Crippen molar-refractivity contribution in [3.8, 4) is 0 Å². The predicted octanol–water partition coefficient (Wildman–Crippen LogP) is 20.9. The van der Waals surface area contributed by atoms with Gasteiger partial charge in [0.15, 0.2) is 0 Å². The molecule has 10 heteroatoms. The van der Waals surface area contributed by atoms with E-state index in [2.05, 4.69) is 111 Å². The average molecular weight is 1170 g/mol. The summed E-state index contributed by atoms with van der Waals surface area (Å²) in [6.07, 6.45) is 82.3. The van der Waals surface area contributed by atoms with E-state index in [0.717, 1.165) is 128 Å². The third-order valence-electron chi connectivity index (χ3n) is 14.7. The number of carbonyl (C=O) groups is 2. The predicted molar refractivity (Wildman–Crippen MR) is 353 cm³/mol. The van der Waals surface area contributed by atoms with E-state index in [1.54, 1.807) is 0 Å². The van der Waals surface area contributed by atoms with E-state index in [1.807, 2.05) is 33.3 Å². The Hall–Kier alpha value is -3.07. The molecule has 0 aliphatic carbocycles. The number of hydrogen-bond donors (Lipinski definition) is 1. The van der Waals surface area contributed by atoms with Crippen LogP contribution in [0.1, 0.15) is 297 Å². The van der Waals surface area contributed by atoms with Crippen molar-refractivity contribution in [3.63, 3.8) is 0 Å². The van der Waals surface area contributed by atoms with Gasteiger partial charge in [0.05, 0.1) is 33.8 Å². The van der Waals surface area contributed by atoms with Crippen LogP contribution in [0.2, 0.25) is 0 Å². The first-order chi connectivity index (χ1) is 39.9. The fraction of sp³-hybridized carbons (Fsp3) is 0.750. The number of hydrogen-bond acceptors (Lipinski definition) is 7. The number of allylic oxidation sites excluding steroid dienone is 15. The number of nitrogens with zero attached hydrogens (tertiary/aromatic N) is 1. The number of nitrogens with one attached hydrogen (secondary N) is 1. The second kappa shape index (κ2) is 61.0. The van der Waals surface area contributed by atoms with Crippen LogP contribution in [0.3, 0.4) is 0 Å². The molecule has 0 fully saturated rings. The van der Waals surface area contributed by atoms with E-state index in [4.69, 9.17) is 13.8 Å². The first-order valence-corrected chi connectivity index (χ1v) is 35.5. The average Bonchev–Trinajstić information content (AvgIpc) is 3.45. The number of rotatable bonds is 61. The van der Waals surface area contributed by atoms with Gasteiger partial charge in [-0.25, -0.2) is 0 Å². The van der Waals surface area contributed by atoms with Gasteiger partial charge >= 0.3 is 5.97 Å². The molecule has 0 saturated heterocycles. The normalized spacial score (nSPS) is 14.2. The molecular weight excluding hydrogens is 1040 g/mol. The largest absolute Gasteiger partial charge is 0.756 e. The van der Waals surface area contributed by atoms with Crippen LogP contribution in [0.25, 0.3) is 0 Å². The van der Waals surface area contributed by atoms with Crippen LogP contribution in [0.5, 0.6) is 0 Å². The number of amides is 1. The molecule has 0 bridgehead atoms. The van der Waals surface area contributed by atoms with Crippen molar-refractivity contribution in [1.82, 2.24) is 5.32 Å². The van der Waals surface area contributed by atoms with Gasteiger partial charge in [-0.05, 0) is 109 Å². The summed E-state index contributed by atoms with van der Waals surface area (Å²) in [7, 11) is 1.17. The Morgan fingerprint density at radius 1 is 0.439 bits per heavy atom. The lowest BCUT2D eigenvalue weighted by molar-refractivity contribution is -0.870. The van der Waals surface area contributed by atoms with Crippen LogP contribution >= 0.6 is 7.82 Å². The summed E-state index contributed by atoms with van der Waals surface area (Å²) in [6, 6.07) is -0.901. The van der Waals surface area contributed by atoms with Crippen molar-refractivity contribution < 1.29 is 37.3 Å². The monoisotopic (exact) mass is 1160 g/mol. The molecule has 0 aromatic rings. The molecule has 0 saturated carbocycles. The second-order valence-corrected chi connectivity index (χ2v) is 25.4. The summed E-state index contributed by atoms with van der Waals surface area (Å²) < 4.78 is 30.4. The van der Waals surface area contributed by atoms with Crippen molar-refractivity contribution in [1.29, 1.82) is 0 Å². The molecule has 9 nitrogen and oxygen atoms in total. The molecule has 0 aliphatic rings. The number of phosphoric ester groups is 1. The maximum atomic E-state index is 13.6. The molecule has 0 aromatic heterocycles. The minimum atomic E-state index is -4.71. The first-order valence-electron chi connectivity index (χ1n) is 34.0. The van der Waals surface area contributed by atoms with Crippen LogP contribution in [0.15, 0.2) is 97.2 Å². The fourth-order valence-electron chi connectivity index (χ4n) is 9.52. The van der Waals surface area contributed by atoms with Gasteiger partial charge in [-0.1, -0.05) is 272 Å². The van der Waals surface area contributed by atoms with Crippen LogP contribution in [-0.4, -0.2) is 69.4 Å². The molecule has 0 spiro atoms. The lowest BCUT2D eigenvalue weighted by Gasteiger charge is -2.30. The number of unbranched alkanes of at least 4 members (excludes halogenated alkanes) is 31. The van der Waals surface area contributed by atoms with Gasteiger partial charge < -0.3 is 28.5 Å². The standard InChI is InChI=1S/C72H129N2O7P/c1-7-10-13-16-19-22-25-28-30-32-33-34-35-36-37-38-39-40-41-42-44-47-50-53-56-59-62-65-72(76)81-70(63-60-57-54-51-48-45-27-24-21-18-15-12-9-3)69(68-80-82(77,78)79-67-66-74(4,5)6)73-71(75)64-61-58-55-52-49-46-43-31-29-26-23-20-17-14-11-8-2/h10,13,19,22,28,30-31,33-34,36-37,39-40,43,60,63,69-70H,7-9,11-12,14-18,20-21,23-27,29,32,35,38,41-42,44-59,61-62,64-68H2,1-6H3,(H-,73,75,77,78)/b13-10-,22-19-,30-28-,34-33-,37-36-,40-39-,43-31+,63-60-. The molecule has 0 heterocycles. The highest BCUT2D eigenvalue weighted by atomic mass is 31.2. The molecule has 1 N–H and O–H groups in total. The molecule has 474 valence electrons. The Kier molecular flexibility index (Phi) is 58.7. The van der Waals surface area contributed by atoms with E-state index in [9.17, 15) is 19.0 Å². The summed E-state index contributed by atoms with van der Waals surface area (Å²) in [5.74, 6) is -0.558. The van der Waals surface area contributed by atoms with E-state index in [0.29, 0.717) is 17.4 Å². The van der Waals surface area contributed by atoms with Crippen LogP contribution < -0.4 is 10.2 Å². The Labute approximate surface area is 507 Å². The SMILES string of the molecule is CC/C=C\C/C=C\C/C=C\C/C=C\C/C=C\C/C=C\CCCCCCCCCCC(=O)OC(/C=C\CCCCCCCCCCCCC)C(COP(=O)([O-])OCC[N+](C)(C)C)NC(=O)CCCCCCC/C=C/CCCCCCCCC. The van der Waals surface area contributed by atoms with E-state index >= 15 is 0 Å². The summed E-state index contributed by atoms with van der Waals surface area (Å²) in [6.45, 7) is 6.73. The van der Waals surface area contributed by atoms with Crippen LogP contribution in [-0.2, 0) is 27.9 Å². The van der Waals surface area contributed by atoms with E-state index in [1.165, 1.54) is 135 Å². The topological polar surface area (TPSA) is 114 Å². The van der Waals surface area contributed by atoms with E-state index in [-0.39, 0.29) is 24.9 Å². The lowest BCUT2D eigenvalue weighted by Crippen LogP contribution is -2.47. The zero-order valence-corrected chi connectivity index (χ0v) is 55.1. The Balaban J connectivity index is 5.16. The van der Waals surface area contributed by atoms with Gasteiger partial charge in [0.1, 0.15) is 19.3 Å². The third kappa shape index (κ3) is 61.5. The van der Waals surface area contributed by atoms with Crippen molar-refractivity contribution in [2.24, 2.45) is 0 Å². The lowest BCUT2D eigenvalue weighted by atomic mass is 10.0. The van der Waals surface area contributed by atoms with Crippen molar-refractivity contribution >= 4 is 19.7 Å². The Bertz CT molecular complexity index is 1720. The third-order valence-corrected chi connectivity index (χ3v) is 15.7. The molecule has 0 aliphatic heterocycles. The molecule has 1 amide bonds. The maximum Gasteiger partial charge on any atom is 0.306 e. The van der Waals surface area contributed by atoms with Crippen molar-refractivity contribution in [2.75, 3.05) is 40.9 Å². The number of esters is 1.